The fourth-order valence-corrected chi connectivity index (χ4v) is 3.03. The molecule has 0 saturated carbocycles. The molecule has 1 aromatic carbocycles. The van der Waals surface area contributed by atoms with Crippen molar-refractivity contribution in [1.82, 2.24) is 4.90 Å². The number of nitrogens with zero attached hydrogens (tertiary/aromatic N) is 1. The standard InChI is InChI=1S/C15H21ClN2O2.ClH/c1-10-5-11(7-12(16)6-10)15(19)18-4-3-14(20-2)8-13(18)9-17;/h5-7,13-14H,3-4,8-9,17H2,1-2H3;1H. The van der Waals surface area contributed by atoms with Crippen molar-refractivity contribution < 1.29 is 9.53 Å². The molecule has 1 saturated heterocycles. The molecule has 1 aliphatic heterocycles. The first-order valence-electron chi connectivity index (χ1n) is 6.86. The second-order valence-electron chi connectivity index (χ2n) is 5.29. The lowest BCUT2D eigenvalue weighted by Gasteiger charge is -2.38. The third kappa shape index (κ3) is 4.33. The summed E-state index contributed by atoms with van der Waals surface area (Å²) >= 11 is 6.03. The van der Waals surface area contributed by atoms with E-state index in [4.69, 9.17) is 22.1 Å². The zero-order chi connectivity index (χ0) is 14.7. The first-order valence-corrected chi connectivity index (χ1v) is 7.24. The van der Waals surface area contributed by atoms with Crippen LogP contribution < -0.4 is 5.73 Å². The van der Waals surface area contributed by atoms with Crippen LogP contribution >= 0.6 is 24.0 Å². The van der Waals surface area contributed by atoms with Gasteiger partial charge in [0.25, 0.3) is 5.91 Å². The molecule has 0 aromatic heterocycles. The van der Waals surface area contributed by atoms with Crippen LogP contribution in [-0.4, -0.2) is 43.2 Å². The lowest BCUT2D eigenvalue weighted by atomic mass is 9.98. The summed E-state index contributed by atoms with van der Waals surface area (Å²) in [6.07, 6.45) is 1.82. The van der Waals surface area contributed by atoms with E-state index in [9.17, 15) is 4.79 Å². The number of piperidine rings is 1. The minimum Gasteiger partial charge on any atom is -0.381 e. The molecule has 0 aliphatic carbocycles. The molecule has 2 unspecified atom stereocenters. The van der Waals surface area contributed by atoms with Crippen LogP contribution in [0.3, 0.4) is 0 Å². The fourth-order valence-electron chi connectivity index (χ4n) is 2.74. The molecule has 1 heterocycles. The molecule has 1 fully saturated rings. The first-order chi connectivity index (χ1) is 9.55. The maximum atomic E-state index is 12.6. The molecule has 21 heavy (non-hydrogen) atoms. The molecule has 2 N–H and O–H groups in total. The smallest absolute Gasteiger partial charge is 0.254 e. The zero-order valence-electron chi connectivity index (χ0n) is 12.3. The van der Waals surface area contributed by atoms with Crippen molar-refractivity contribution in [3.8, 4) is 0 Å². The summed E-state index contributed by atoms with van der Waals surface area (Å²) < 4.78 is 5.38. The highest BCUT2D eigenvalue weighted by molar-refractivity contribution is 6.31. The van der Waals surface area contributed by atoms with E-state index in [1.54, 1.807) is 13.2 Å². The van der Waals surface area contributed by atoms with Gasteiger partial charge in [-0.25, -0.2) is 0 Å². The molecule has 4 nitrogen and oxygen atoms in total. The van der Waals surface area contributed by atoms with Crippen LogP contribution in [-0.2, 0) is 4.74 Å². The third-order valence-electron chi connectivity index (χ3n) is 3.82. The third-order valence-corrected chi connectivity index (χ3v) is 4.04. The van der Waals surface area contributed by atoms with Crippen LogP contribution in [0.5, 0.6) is 0 Å². The molecule has 0 bridgehead atoms. The van der Waals surface area contributed by atoms with Crippen molar-refractivity contribution in [3.63, 3.8) is 0 Å². The number of amides is 1. The van der Waals surface area contributed by atoms with Gasteiger partial charge in [-0.3, -0.25) is 4.79 Å². The summed E-state index contributed by atoms with van der Waals surface area (Å²) in [4.78, 5) is 14.5. The highest BCUT2D eigenvalue weighted by Crippen LogP contribution is 2.23. The number of ether oxygens (including phenoxy) is 1. The lowest BCUT2D eigenvalue weighted by Crippen LogP contribution is -2.51. The van der Waals surface area contributed by atoms with E-state index in [0.29, 0.717) is 23.7 Å². The van der Waals surface area contributed by atoms with Gasteiger partial charge in [0.2, 0.25) is 0 Å². The van der Waals surface area contributed by atoms with Gasteiger partial charge in [-0.1, -0.05) is 11.6 Å². The van der Waals surface area contributed by atoms with E-state index >= 15 is 0 Å². The second kappa shape index (κ2) is 7.99. The van der Waals surface area contributed by atoms with E-state index in [-0.39, 0.29) is 30.5 Å². The minimum atomic E-state index is 0. The quantitative estimate of drug-likeness (QED) is 0.925. The van der Waals surface area contributed by atoms with Crippen LogP contribution in [0.4, 0.5) is 0 Å². The van der Waals surface area contributed by atoms with E-state index in [0.717, 1.165) is 18.4 Å². The Hall–Kier alpha value is -0.810. The van der Waals surface area contributed by atoms with Crippen LogP contribution in [0.1, 0.15) is 28.8 Å². The Morgan fingerprint density at radius 2 is 2.19 bits per heavy atom. The fraction of sp³-hybridized carbons (Fsp3) is 0.533. The predicted molar refractivity (Wildman–Crippen MR) is 87.3 cm³/mol. The Morgan fingerprint density at radius 3 is 2.76 bits per heavy atom. The zero-order valence-corrected chi connectivity index (χ0v) is 13.9. The molecular formula is C15H22Cl2N2O2. The number of nitrogens with two attached hydrogens (primary N) is 1. The van der Waals surface area contributed by atoms with Gasteiger partial charge in [0, 0.05) is 36.8 Å². The Balaban J connectivity index is 0.00000220. The summed E-state index contributed by atoms with van der Waals surface area (Å²) in [6.45, 7) is 3.05. The maximum absolute atomic E-state index is 12.6. The van der Waals surface area contributed by atoms with Crippen molar-refractivity contribution in [2.24, 2.45) is 5.73 Å². The van der Waals surface area contributed by atoms with E-state index in [1.165, 1.54) is 0 Å². The van der Waals surface area contributed by atoms with Crippen molar-refractivity contribution in [2.75, 3.05) is 20.2 Å². The highest BCUT2D eigenvalue weighted by Gasteiger charge is 2.31. The number of methoxy groups -OCH3 is 1. The number of rotatable bonds is 3. The van der Waals surface area contributed by atoms with Crippen molar-refractivity contribution >= 4 is 29.9 Å². The van der Waals surface area contributed by atoms with Gasteiger partial charge < -0.3 is 15.4 Å². The van der Waals surface area contributed by atoms with Gasteiger partial charge in [0.1, 0.15) is 0 Å². The SMILES string of the molecule is COC1CCN(C(=O)c2cc(C)cc(Cl)c2)C(CN)C1.Cl. The van der Waals surface area contributed by atoms with Crippen molar-refractivity contribution in [3.05, 3.63) is 34.3 Å². The number of carbonyl (C=O) groups is 1. The molecule has 1 aliphatic rings. The Labute approximate surface area is 137 Å². The molecule has 2 atom stereocenters. The second-order valence-corrected chi connectivity index (χ2v) is 5.72. The number of halogens is 2. The number of carbonyl (C=O) groups excluding carboxylic acids is 1. The van der Waals surface area contributed by atoms with Crippen molar-refractivity contribution in [1.29, 1.82) is 0 Å². The monoisotopic (exact) mass is 332 g/mol. The van der Waals surface area contributed by atoms with E-state index in [1.807, 2.05) is 24.0 Å². The molecule has 1 amide bonds. The lowest BCUT2D eigenvalue weighted by molar-refractivity contribution is 0.0139. The number of benzene rings is 1. The molecule has 118 valence electrons. The number of hydrogen-bond donors (Lipinski definition) is 1. The van der Waals surface area contributed by atoms with Gasteiger partial charge in [-0.05, 0) is 43.5 Å². The highest BCUT2D eigenvalue weighted by atomic mass is 35.5. The van der Waals surface area contributed by atoms with Gasteiger partial charge in [0.15, 0.2) is 0 Å². The van der Waals surface area contributed by atoms with Crippen LogP contribution in [0, 0.1) is 6.92 Å². The van der Waals surface area contributed by atoms with E-state index in [2.05, 4.69) is 0 Å². The normalized spacial score (nSPS) is 21.8. The Kier molecular flexibility index (Phi) is 6.94. The van der Waals surface area contributed by atoms with Gasteiger partial charge in [0.05, 0.1) is 6.10 Å². The first kappa shape index (κ1) is 18.2. The molecule has 0 spiro atoms. The van der Waals surface area contributed by atoms with Crippen molar-refractivity contribution in [2.45, 2.75) is 31.9 Å². The summed E-state index contributed by atoms with van der Waals surface area (Å²) in [5.74, 6) is 0.000558. The summed E-state index contributed by atoms with van der Waals surface area (Å²) in [6, 6.07) is 5.45. The van der Waals surface area contributed by atoms with Crippen LogP contribution in [0.15, 0.2) is 18.2 Å². The average molecular weight is 333 g/mol. The van der Waals surface area contributed by atoms with Gasteiger partial charge in [-0.2, -0.15) is 0 Å². The summed E-state index contributed by atoms with van der Waals surface area (Å²) in [5.41, 5.74) is 7.42. The maximum Gasteiger partial charge on any atom is 0.254 e. The molecule has 6 heteroatoms. The molecule has 2 rings (SSSR count). The molecule has 0 radical (unpaired) electrons. The topological polar surface area (TPSA) is 55.6 Å². The van der Waals surface area contributed by atoms with E-state index < -0.39 is 0 Å². The molecule has 1 aromatic rings. The van der Waals surface area contributed by atoms with Crippen LogP contribution in [0.25, 0.3) is 0 Å². The number of aryl methyl sites for hydroxylation is 1. The van der Waals surface area contributed by atoms with Crippen LogP contribution in [0.2, 0.25) is 5.02 Å². The van der Waals surface area contributed by atoms with Gasteiger partial charge >= 0.3 is 0 Å². The Morgan fingerprint density at radius 1 is 1.48 bits per heavy atom. The van der Waals surface area contributed by atoms with Gasteiger partial charge in [-0.15, -0.1) is 12.4 Å². The number of likely N-dealkylation sites (tertiary alicyclic amines) is 1. The molecular weight excluding hydrogens is 311 g/mol. The number of hydrogen-bond acceptors (Lipinski definition) is 3. The average Bonchev–Trinajstić information content (AvgIpc) is 2.44. The summed E-state index contributed by atoms with van der Waals surface area (Å²) in [5, 5.41) is 0.587. The largest absolute Gasteiger partial charge is 0.381 e. The summed E-state index contributed by atoms with van der Waals surface area (Å²) in [7, 11) is 1.70. The minimum absolute atomic E-state index is 0. The predicted octanol–water partition coefficient (Wildman–Crippen LogP) is 2.65. The Bertz CT molecular complexity index is 476.